The van der Waals surface area contributed by atoms with Crippen molar-refractivity contribution in [1.82, 2.24) is 14.5 Å². The molecular weight excluding hydrogens is 586 g/mol. The van der Waals surface area contributed by atoms with Gasteiger partial charge in [0.05, 0.1) is 0 Å². The Balaban J connectivity index is 0.00000213. The Morgan fingerprint density at radius 2 is 1.43 bits per heavy atom. The summed E-state index contributed by atoms with van der Waals surface area (Å²) in [4.78, 5) is 19.2. The van der Waals surface area contributed by atoms with Crippen molar-refractivity contribution in [2.45, 2.75) is 72.2 Å². The van der Waals surface area contributed by atoms with E-state index in [0.717, 1.165) is 46.0 Å². The number of nitrogens with zero attached hydrogens (tertiary/aromatic N) is 3. The largest absolute Gasteiger partial charge is 0.473 e. The molecule has 0 atom stereocenters. The number of carbonyl (C=O) groups excluding carboxylic acids is 1. The Morgan fingerprint density at radius 1 is 0.809 bits per heavy atom. The maximum atomic E-state index is 12.6. The van der Waals surface area contributed by atoms with Crippen LogP contribution in [0.1, 0.15) is 70.1 Å². The number of benzene rings is 3. The fourth-order valence-electron chi connectivity index (χ4n) is 5.87. The van der Waals surface area contributed by atoms with Gasteiger partial charge in [-0.15, -0.1) is 0 Å². The standard InChI is InChI=1S/C38H41N3O4.C2H6/c1-38(2,3)45-37(42)41-21-19-29(20-22-41)30-15-16-31-33(24-40(4)34(31)23-30)32-17-18-35(43-25-27-11-7-5-8-12-27)39-36(32)44-26-28-13-9-6-10-14-28;1-2/h5-18,23-24,29H,19-22,25-26H2,1-4H3;1-2H3. The molecule has 3 aromatic carbocycles. The SMILES string of the molecule is CC.Cn1cc(-c2ccc(OCc3ccccc3)nc2OCc2ccccc2)c2ccc(C3CCN(C(=O)OC(C)(C)C)CC3)cc21. The first-order chi connectivity index (χ1) is 22.7. The van der Waals surface area contributed by atoms with Crippen LogP contribution >= 0.6 is 0 Å². The molecule has 6 rings (SSSR count). The molecule has 1 fully saturated rings. The third kappa shape index (κ3) is 8.53. The van der Waals surface area contributed by atoms with Gasteiger partial charge in [-0.1, -0.05) is 86.6 Å². The van der Waals surface area contributed by atoms with Crippen LogP contribution in [-0.4, -0.2) is 39.2 Å². The minimum Gasteiger partial charge on any atom is -0.473 e. The van der Waals surface area contributed by atoms with E-state index in [1.165, 1.54) is 5.56 Å². The topological polar surface area (TPSA) is 65.8 Å². The molecule has 7 nitrogen and oxygen atoms in total. The molecule has 1 aliphatic rings. The number of piperidine rings is 1. The maximum Gasteiger partial charge on any atom is 0.410 e. The van der Waals surface area contributed by atoms with Gasteiger partial charge in [0.15, 0.2) is 0 Å². The van der Waals surface area contributed by atoms with E-state index in [1.807, 2.05) is 112 Å². The summed E-state index contributed by atoms with van der Waals surface area (Å²) in [6.07, 6.45) is 3.75. The Labute approximate surface area is 279 Å². The van der Waals surface area contributed by atoms with Gasteiger partial charge in [-0.25, -0.2) is 4.79 Å². The van der Waals surface area contributed by atoms with Crippen molar-refractivity contribution in [2.75, 3.05) is 13.1 Å². The van der Waals surface area contributed by atoms with Crippen LogP contribution < -0.4 is 9.47 Å². The zero-order chi connectivity index (χ0) is 33.4. The van der Waals surface area contributed by atoms with Crippen molar-refractivity contribution < 1.29 is 19.0 Å². The van der Waals surface area contributed by atoms with Gasteiger partial charge in [0.25, 0.3) is 0 Å². The zero-order valence-corrected chi connectivity index (χ0v) is 28.5. The van der Waals surface area contributed by atoms with Gasteiger partial charge in [-0.05, 0) is 68.4 Å². The molecule has 3 heterocycles. The summed E-state index contributed by atoms with van der Waals surface area (Å²) in [5.41, 5.74) is 6.08. The van der Waals surface area contributed by atoms with Crippen LogP contribution in [0.3, 0.4) is 0 Å². The van der Waals surface area contributed by atoms with Crippen LogP contribution in [0.4, 0.5) is 4.79 Å². The second-order valence-electron chi connectivity index (χ2n) is 12.7. The van der Waals surface area contributed by atoms with Crippen LogP contribution in [0.2, 0.25) is 0 Å². The zero-order valence-electron chi connectivity index (χ0n) is 28.5. The second-order valence-corrected chi connectivity index (χ2v) is 12.7. The number of rotatable bonds is 8. The molecule has 0 radical (unpaired) electrons. The highest BCUT2D eigenvalue weighted by Crippen LogP contribution is 2.39. The van der Waals surface area contributed by atoms with Crippen LogP contribution in [0.15, 0.2) is 97.2 Å². The van der Waals surface area contributed by atoms with E-state index in [4.69, 9.17) is 19.2 Å². The fourth-order valence-corrected chi connectivity index (χ4v) is 5.87. The Hall–Kier alpha value is -4.78. The number of likely N-dealkylation sites (tertiary alicyclic amines) is 1. The second kappa shape index (κ2) is 15.2. The predicted molar refractivity (Wildman–Crippen MR) is 189 cm³/mol. The molecule has 0 aliphatic carbocycles. The number of pyridine rings is 1. The number of hydrogen-bond donors (Lipinski definition) is 0. The van der Waals surface area contributed by atoms with Gasteiger partial charge in [0, 0.05) is 54.4 Å². The lowest BCUT2D eigenvalue weighted by atomic mass is 9.89. The molecule has 1 amide bonds. The normalized spacial score (nSPS) is 13.5. The molecule has 2 aromatic heterocycles. The summed E-state index contributed by atoms with van der Waals surface area (Å²) in [7, 11) is 2.08. The number of aromatic nitrogens is 2. The molecule has 1 aliphatic heterocycles. The van der Waals surface area contributed by atoms with Crippen LogP contribution in [0.25, 0.3) is 22.0 Å². The lowest BCUT2D eigenvalue weighted by Gasteiger charge is -2.33. The third-order valence-electron chi connectivity index (χ3n) is 8.21. The Morgan fingerprint density at radius 3 is 2.04 bits per heavy atom. The fraction of sp³-hybridized carbons (Fsp3) is 0.350. The summed E-state index contributed by atoms with van der Waals surface area (Å²) in [6.45, 7) is 11.9. The monoisotopic (exact) mass is 633 g/mol. The molecule has 1 saturated heterocycles. The van der Waals surface area contributed by atoms with Gasteiger partial charge in [0.1, 0.15) is 18.8 Å². The number of amides is 1. The number of hydrogen-bond acceptors (Lipinski definition) is 5. The van der Waals surface area contributed by atoms with Crippen molar-refractivity contribution >= 4 is 17.0 Å². The predicted octanol–water partition coefficient (Wildman–Crippen LogP) is 9.54. The third-order valence-corrected chi connectivity index (χ3v) is 8.21. The summed E-state index contributed by atoms with van der Waals surface area (Å²) in [6, 6.07) is 30.9. The van der Waals surface area contributed by atoms with Crippen molar-refractivity contribution in [1.29, 1.82) is 0 Å². The van der Waals surface area contributed by atoms with Crippen molar-refractivity contribution in [3.63, 3.8) is 0 Å². The van der Waals surface area contributed by atoms with Gasteiger partial charge in [0.2, 0.25) is 11.8 Å². The summed E-state index contributed by atoms with van der Waals surface area (Å²) in [5.74, 6) is 1.44. The van der Waals surface area contributed by atoms with E-state index in [0.29, 0.717) is 44.0 Å². The lowest BCUT2D eigenvalue weighted by molar-refractivity contribution is 0.0205. The average Bonchev–Trinajstić information content (AvgIpc) is 3.42. The molecule has 0 N–H and O–H groups in total. The van der Waals surface area contributed by atoms with Gasteiger partial charge in [-0.3, -0.25) is 0 Å². The van der Waals surface area contributed by atoms with E-state index in [1.54, 1.807) is 0 Å². The first kappa shape index (κ1) is 33.6. The lowest BCUT2D eigenvalue weighted by Crippen LogP contribution is -2.41. The summed E-state index contributed by atoms with van der Waals surface area (Å²) >= 11 is 0. The summed E-state index contributed by atoms with van der Waals surface area (Å²) < 4.78 is 20.2. The van der Waals surface area contributed by atoms with Crippen LogP contribution in [0, 0.1) is 0 Å². The summed E-state index contributed by atoms with van der Waals surface area (Å²) in [5, 5.41) is 1.14. The van der Waals surface area contributed by atoms with Gasteiger partial charge < -0.3 is 23.7 Å². The van der Waals surface area contributed by atoms with E-state index in [9.17, 15) is 4.79 Å². The van der Waals surface area contributed by atoms with Gasteiger partial charge >= 0.3 is 6.09 Å². The Kier molecular flexibility index (Phi) is 10.9. The molecule has 7 heteroatoms. The number of fused-ring (bicyclic) bond motifs is 1. The molecule has 0 bridgehead atoms. The molecule has 0 saturated carbocycles. The van der Waals surface area contributed by atoms with Crippen molar-refractivity contribution in [3.8, 4) is 22.9 Å². The average molecular weight is 634 g/mol. The number of carbonyl (C=O) groups is 1. The van der Waals surface area contributed by atoms with E-state index in [-0.39, 0.29) is 6.09 Å². The van der Waals surface area contributed by atoms with Crippen LogP contribution in [-0.2, 0) is 25.0 Å². The molecular formula is C40H47N3O4. The van der Waals surface area contributed by atoms with Crippen LogP contribution in [0.5, 0.6) is 11.8 Å². The highest BCUT2D eigenvalue weighted by Gasteiger charge is 2.28. The van der Waals surface area contributed by atoms with E-state index in [2.05, 4.69) is 36.0 Å². The molecule has 246 valence electrons. The molecule has 0 spiro atoms. The minimum atomic E-state index is -0.485. The smallest absolute Gasteiger partial charge is 0.410 e. The van der Waals surface area contributed by atoms with E-state index < -0.39 is 5.60 Å². The molecule has 0 unspecified atom stereocenters. The molecule has 5 aromatic rings. The highest BCUT2D eigenvalue weighted by molar-refractivity contribution is 5.97. The first-order valence-corrected chi connectivity index (χ1v) is 16.7. The number of ether oxygens (including phenoxy) is 3. The number of aryl methyl sites for hydroxylation is 1. The quantitative estimate of drug-likeness (QED) is 0.170. The van der Waals surface area contributed by atoms with E-state index >= 15 is 0 Å². The first-order valence-electron chi connectivity index (χ1n) is 16.7. The van der Waals surface area contributed by atoms with Gasteiger partial charge in [-0.2, -0.15) is 4.98 Å². The van der Waals surface area contributed by atoms with Crippen molar-refractivity contribution in [2.24, 2.45) is 7.05 Å². The molecule has 47 heavy (non-hydrogen) atoms. The minimum absolute atomic E-state index is 0.223. The highest BCUT2D eigenvalue weighted by atomic mass is 16.6. The maximum absolute atomic E-state index is 12.6. The van der Waals surface area contributed by atoms with Crippen molar-refractivity contribution in [3.05, 3.63) is 114 Å². The Bertz CT molecular complexity index is 1750.